The number of hydrogen-bond acceptors (Lipinski definition) is 16. The largest absolute Gasteiger partial charge is 0.386 e. The van der Waals surface area contributed by atoms with Crippen LogP contribution in [0.3, 0.4) is 0 Å². The van der Waals surface area contributed by atoms with Gasteiger partial charge in [-0.05, 0) is 11.8 Å². The lowest BCUT2D eigenvalue weighted by atomic mass is 10.1. The molecule has 0 spiro atoms. The molecule has 4 aromatic heterocycles. The molecule has 0 amide bonds. The lowest BCUT2D eigenvalue weighted by Crippen LogP contribution is -2.34. The number of nitrogens with zero attached hydrogens (tertiary/aromatic N) is 7. The van der Waals surface area contributed by atoms with Gasteiger partial charge in [0.05, 0.1) is 25.9 Å². The lowest BCUT2D eigenvalue weighted by molar-refractivity contribution is -0.0604. The molecule has 3 aliphatic heterocycles. The number of halogens is 2. The molecule has 0 saturated carbocycles. The number of nitrogens with two attached hydrogens (primary N) is 1. The van der Waals surface area contributed by atoms with Crippen LogP contribution in [-0.2, 0) is 43.9 Å². The van der Waals surface area contributed by atoms with E-state index in [1.807, 2.05) is 0 Å². The molecule has 2 bridgehead atoms. The van der Waals surface area contributed by atoms with Gasteiger partial charge in [-0.15, -0.1) is 5.10 Å². The van der Waals surface area contributed by atoms with Crippen LogP contribution in [-0.4, -0.2) is 99.3 Å². The molecular formula is C19H20F2N10O10P2S2. The number of thiol groups is 1. The zero-order valence-corrected chi connectivity index (χ0v) is 25.5. The molecule has 2 unspecified atom stereocenters. The predicted octanol–water partition coefficient (Wildman–Crippen LogP) is -0.227. The van der Waals surface area contributed by atoms with Crippen LogP contribution in [0.1, 0.15) is 12.5 Å². The fourth-order valence-electron chi connectivity index (χ4n) is 5.10. The summed E-state index contributed by atoms with van der Waals surface area (Å²) in [5.74, 6) is -0.274. The van der Waals surface area contributed by atoms with E-state index in [0.717, 1.165) is 21.9 Å². The highest BCUT2D eigenvalue weighted by Gasteiger charge is 2.54. The van der Waals surface area contributed by atoms with Crippen LogP contribution in [0.15, 0.2) is 22.2 Å². The van der Waals surface area contributed by atoms with Crippen molar-refractivity contribution in [2.75, 3.05) is 18.9 Å². The Bertz CT molecular complexity index is 2010. The van der Waals surface area contributed by atoms with E-state index < -0.39 is 87.1 Å². The second-order valence-corrected chi connectivity index (χ2v) is 15.6. The SMILES string of the molecule is Nc1nc2c(ncn2[C@@H]2O[C@@H]3COP(=O)(S)O[C@H]4[C@H](F)[C@H](n5nnc6c(=O)[nH]cnc65)O[C@@H]4COP(O)(=S)O[C@@H]2[C@@H]3F)c(=O)[nH]1. The maximum Gasteiger partial charge on any atom is 0.386 e. The molecule has 20 nitrogen and oxygen atoms in total. The number of nitrogens with one attached hydrogen (secondary N) is 2. The summed E-state index contributed by atoms with van der Waals surface area (Å²) in [6.45, 7) is -10.4. The third-order valence-electron chi connectivity index (χ3n) is 7.08. The monoisotopic (exact) mass is 712 g/mol. The molecule has 4 aromatic rings. The van der Waals surface area contributed by atoms with Gasteiger partial charge in [-0.1, -0.05) is 17.5 Å². The van der Waals surface area contributed by atoms with Crippen LogP contribution in [0.2, 0.25) is 0 Å². The van der Waals surface area contributed by atoms with E-state index in [1.165, 1.54) is 0 Å². The Morgan fingerprint density at radius 1 is 1.02 bits per heavy atom. The van der Waals surface area contributed by atoms with Crippen molar-refractivity contribution in [1.82, 2.24) is 44.5 Å². The number of anilines is 1. The van der Waals surface area contributed by atoms with Gasteiger partial charge in [0.1, 0.15) is 24.4 Å². The first-order chi connectivity index (χ1) is 21.3. The minimum atomic E-state index is -4.50. The highest BCUT2D eigenvalue weighted by atomic mass is 32.7. The van der Waals surface area contributed by atoms with Crippen LogP contribution in [0.25, 0.3) is 22.3 Å². The first-order valence-corrected chi connectivity index (χ1v) is 18.0. The molecule has 242 valence electrons. The normalized spacial score (nSPS) is 37.7. The molecule has 10 atom stereocenters. The van der Waals surface area contributed by atoms with Crippen LogP contribution in [0.4, 0.5) is 14.7 Å². The summed E-state index contributed by atoms with van der Waals surface area (Å²) >= 11 is 9.05. The van der Waals surface area contributed by atoms with Crippen molar-refractivity contribution in [3.63, 3.8) is 0 Å². The summed E-state index contributed by atoms with van der Waals surface area (Å²) in [5.41, 5.74) is 3.70. The Hall–Kier alpha value is -2.76. The van der Waals surface area contributed by atoms with Crippen molar-refractivity contribution in [2.45, 2.75) is 49.2 Å². The van der Waals surface area contributed by atoms with Gasteiger partial charge < -0.3 is 29.6 Å². The fraction of sp³-hybridized carbons (Fsp3) is 0.526. The van der Waals surface area contributed by atoms with Crippen molar-refractivity contribution in [1.29, 1.82) is 0 Å². The highest BCUT2D eigenvalue weighted by molar-refractivity contribution is 8.44. The lowest BCUT2D eigenvalue weighted by Gasteiger charge is -2.27. The molecule has 3 saturated heterocycles. The maximum absolute atomic E-state index is 15.9. The molecule has 7 heterocycles. The van der Waals surface area contributed by atoms with Crippen molar-refractivity contribution in [2.24, 2.45) is 0 Å². The van der Waals surface area contributed by atoms with E-state index in [9.17, 15) is 19.0 Å². The zero-order chi connectivity index (χ0) is 31.8. The van der Waals surface area contributed by atoms with Crippen LogP contribution >= 0.6 is 25.8 Å². The van der Waals surface area contributed by atoms with Crippen molar-refractivity contribution >= 4 is 65.8 Å². The number of H-pyrrole nitrogens is 2. The second-order valence-electron chi connectivity index (χ2n) is 9.90. The summed E-state index contributed by atoms with van der Waals surface area (Å²) in [6, 6.07) is 0. The molecule has 5 N–H and O–H groups in total. The summed E-state index contributed by atoms with van der Waals surface area (Å²) in [7, 11) is 0. The number of ether oxygens (including phenoxy) is 2. The summed E-state index contributed by atoms with van der Waals surface area (Å²) in [6.07, 6.45) is -11.7. The van der Waals surface area contributed by atoms with Gasteiger partial charge in [0, 0.05) is 0 Å². The predicted molar refractivity (Wildman–Crippen MR) is 151 cm³/mol. The van der Waals surface area contributed by atoms with E-state index >= 15 is 8.78 Å². The molecule has 0 aliphatic carbocycles. The third-order valence-corrected chi connectivity index (χ3v) is 10.3. The van der Waals surface area contributed by atoms with Crippen molar-refractivity contribution < 1.29 is 45.8 Å². The standard InChI is InChI=1S/C19H20F2N10O10P2S2/c20-7-5-1-36-42(34,44)40-11-6(39-17(8(11)21)31-13-10(28-29-31)15(32)24-3-23-13)2-37-43(35,45)41-12(7)18(38-5)30-4-25-9-14(30)26-19(22)27-16(9)33/h3-8,11-12,17-18H,1-2H2,(H,34,44)(H,35,45)(H,23,24,32)(H3,22,26,27,33)/t5-,6-,7-,8+,11-,12-,17-,18-,42?,43?/m1/s1. The Morgan fingerprint density at radius 3 is 2.58 bits per heavy atom. The number of fused-ring (bicyclic) bond motifs is 5. The number of imidazole rings is 1. The second kappa shape index (κ2) is 11.2. The summed E-state index contributed by atoms with van der Waals surface area (Å²) < 4.78 is 80.2. The Kier molecular flexibility index (Phi) is 7.68. The Morgan fingerprint density at radius 2 is 1.78 bits per heavy atom. The van der Waals surface area contributed by atoms with Crippen molar-refractivity contribution in [3.8, 4) is 0 Å². The average Bonchev–Trinajstić information content (AvgIpc) is 3.72. The van der Waals surface area contributed by atoms with E-state index in [4.69, 9.17) is 45.1 Å². The van der Waals surface area contributed by atoms with Gasteiger partial charge >= 0.3 is 13.5 Å². The van der Waals surface area contributed by atoms with E-state index in [-0.39, 0.29) is 28.3 Å². The van der Waals surface area contributed by atoms with Crippen LogP contribution in [0, 0.1) is 0 Å². The molecule has 26 heteroatoms. The maximum atomic E-state index is 15.9. The number of rotatable bonds is 2. The van der Waals surface area contributed by atoms with Crippen molar-refractivity contribution in [3.05, 3.63) is 33.4 Å². The highest BCUT2D eigenvalue weighted by Crippen LogP contribution is 2.58. The number of alkyl halides is 2. The van der Waals surface area contributed by atoms with Gasteiger partial charge in [-0.25, -0.2) is 23.3 Å². The smallest absolute Gasteiger partial charge is 0.369 e. The molecule has 3 fully saturated rings. The third kappa shape index (κ3) is 5.52. The summed E-state index contributed by atoms with van der Waals surface area (Å²) in [4.78, 5) is 51.8. The quantitative estimate of drug-likeness (QED) is 0.133. The van der Waals surface area contributed by atoms with Crippen LogP contribution < -0.4 is 16.9 Å². The Labute approximate surface area is 257 Å². The number of aromatic nitrogens is 9. The molecule has 7 rings (SSSR count). The van der Waals surface area contributed by atoms with Gasteiger partial charge in [-0.3, -0.25) is 32.7 Å². The Balaban J connectivity index is 1.21. The van der Waals surface area contributed by atoms with E-state index in [1.54, 1.807) is 0 Å². The zero-order valence-electron chi connectivity index (χ0n) is 22.0. The van der Waals surface area contributed by atoms with Gasteiger partial charge in [0.15, 0.2) is 47.1 Å². The minimum Gasteiger partial charge on any atom is -0.369 e. The fourth-order valence-corrected chi connectivity index (χ4v) is 7.99. The minimum absolute atomic E-state index is 0.112. The molecular weight excluding hydrogens is 692 g/mol. The molecule has 0 aromatic carbocycles. The number of aromatic amines is 2. The van der Waals surface area contributed by atoms with Gasteiger partial charge in [0.2, 0.25) is 5.95 Å². The summed E-state index contributed by atoms with van der Waals surface area (Å²) in [5, 5.41) is 7.45. The first kappa shape index (κ1) is 30.9. The van der Waals surface area contributed by atoms with E-state index in [0.29, 0.717) is 0 Å². The number of nitrogen functional groups attached to an aromatic ring is 1. The average molecular weight is 713 g/mol. The van der Waals surface area contributed by atoms with Crippen LogP contribution in [0.5, 0.6) is 0 Å². The van der Waals surface area contributed by atoms with Gasteiger partial charge in [0.25, 0.3) is 11.1 Å². The van der Waals surface area contributed by atoms with E-state index in [2.05, 4.69) is 47.5 Å². The van der Waals surface area contributed by atoms with Gasteiger partial charge in [-0.2, -0.15) is 9.67 Å². The molecule has 3 aliphatic rings. The molecule has 45 heavy (non-hydrogen) atoms. The number of hydrogen-bond donors (Lipinski definition) is 5. The topological polar surface area (TPSA) is 259 Å². The first-order valence-electron chi connectivity index (χ1n) is 12.7. The molecule has 0 radical (unpaired) electrons.